The van der Waals surface area contributed by atoms with E-state index in [1.807, 2.05) is 30.3 Å². The minimum absolute atomic E-state index is 0.163. The molecular formula is C14H16N6O2S. The quantitative estimate of drug-likeness (QED) is 0.829. The lowest BCUT2D eigenvalue weighted by molar-refractivity contribution is 0.588. The number of hydrogen-bond donors (Lipinski definition) is 2. The van der Waals surface area contributed by atoms with E-state index in [9.17, 15) is 8.42 Å². The Labute approximate surface area is 134 Å². The largest absolute Gasteiger partial charge is 0.329 e. The molecular weight excluding hydrogens is 316 g/mol. The molecule has 1 aromatic carbocycles. The van der Waals surface area contributed by atoms with E-state index < -0.39 is 10.2 Å². The van der Waals surface area contributed by atoms with Crippen molar-refractivity contribution in [3.05, 3.63) is 42.2 Å². The monoisotopic (exact) mass is 332 g/mol. The van der Waals surface area contributed by atoms with Crippen LogP contribution in [0.3, 0.4) is 0 Å². The van der Waals surface area contributed by atoms with Crippen LogP contribution in [0.2, 0.25) is 0 Å². The lowest BCUT2D eigenvalue weighted by Crippen LogP contribution is -2.48. The summed E-state index contributed by atoms with van der Waals surface area (Å²) in [5.74, 6) is 0.400. The van der Waals surface area contributed by atoms with Crippen LogP contribution in [0.5, 0.6) is 0 Å². The molecule has 1 aromatic heterocycles. The smallest absolute Gasteiger partial charge is 0.326 e. The van der Waals surface area contributed by atoms with Crippen molar-refractivity contribution in [1.29, 1.82) is 0 Å². The Morgan fingerprint density at radius 1 is 1.30 bits per heavy atom. The van der Waals surface area contributed by atoms with Crippen LogP contribution < -0.4 is 14.8 Å². The number of benzene rings is 1. The number of rotatable bonds is 3. The Bertz CT molecular complexity index is 851. The highest BCUT2D eigenvalue weighted by molar-refractivity contribution is 7.91. The first kappa shape index (κ1) is 15.4. The van der Waals surface area contributed by atoms with Gasteiger partial charge in [0.15, 0.2) is 11.7 Å². The molecule has 0 unspecified atom stereocenters. The van der Waals surface area contributed by atoms with Gasteiger partial charge in [0.05, 0.1) is 18.4 Å². The Kier molecular flexibility index (Phi) is 3.97. The molecule has 9 heteroatoms. The number of fused-ring (bicyclic) bond motifs is 1. The zero-order valence-corrected chi connectivity index (χ0v) is 13.3. The first-order valence-corrected chi connectivity index (χ1v) is 8.41. The van der Waals surface area contributed by atoms with Crippen LogP contribution in [0.25, 0.3) is 11.3 Å². The number of amidine groups is 1. The Morgan fingerprint density at radius 3 is 2.74 bits per heavy atom. The molecule has 2 heterocycles. The first-order chi connectivity index (χ1) is 11.0. The standard InChI is InChI=1S/C14H16N6O2S/c1-20-14-12(13(16-8-7-15)19-23(20,21)22)17-9-11(18-14)10-5-3-2-4-6-10/h2-6,9H,7-8,15H2,1H3,(H,16,19). The van der Waals surface area contributed by atoms with Gasteiger partial charge in [0.1, 0.15) is 5.69 Å². The predicted octanol–water partition coefficient (Wildman–Crippen LogP) is 0.133. The summed E-state index contributed by atoms with van der Waals surface area (Å²) in [4.78, 5) is 12.9. The van der Waals surface area contributed by atoms with Crippen molar-refractivity contribution in [3.63, 3.8) is 0 Å². The summed E-state index contributed by atoms with van der Waals surface area (Å²) in [6.07, 6.45) is 1.60. The van der Waals surface area contributed by atoms with Gasteiger partial charge >= 0.3 is 10.2 Å². The summed E-state index contributed by atoms with van der Waals surface area (Å²) < 4.78 is 27.8. The fourth-order valence-corrected chi connectivity index (χ4v) is 3.05. The maximum atomic E-state index is 12.2. The van der Waals surface area contributed by atoms with E-state index in [0.29, 0.717) is 24.5 Å². The molecule has 23 heavy (non-hydrogen) atoms. The van der Waals surface area contributed by atoms with Gasteiger partial charge < -0.3 is 5.73 Å². The molecule has 8 nitrogen and oxygen atoms in total. The highest BCUT2D eigenvalue weighted by Crippen LogP contribution is 2.26. The van der Waals surface area contributed by atoms with Crippen LogP contribution in [-0.4, -0.2) is 44.4 Å². The second-order valence-electron chi connectivity index (χ2n) is 4.89. The highest BCUT2D eigenvalue weighted by Gasteiger charge is 2.33. The molecule has 0 atom stereocenters. The third kappa shape index (κ3) is 2.88. The molecule has 0 saturated carbocycles. The normalized spacial score (nSPS) is 17.7. The van der Waals surface area contributed by atoms with Crippen LogP contribution in [0, 0.1) is 0 Å². The van der Waals surface area contributed by atoms with Gasteiger partial charge in [0, 0.05) is 19.2 Å². The molecule has 0 radical (unpaired) electrons. The summed E-state index contributed by atoms with van der Waals surface area (Å²) in [5.41, 5.74) is 7.26. The van der Waals surface area contributed by atoms with Crippen molar-refractivity contribution < 1.29 is 8.42 Å². The number of anilines is 1. The fourth-order valence-electron chi connectivity index (χ4n) is 2.15. The number of nitrogens with zero attached hydrogens (tertiary/aromatic N) is 4. The van der Waals surface area contributed by atoms with Gasteiger partial charge in [0.2, 0.25) is 0 Å². The molecule has 2 aromatic rings. The first-order valence-electron chi connectivity index (χ1n) is 6.97. The van der Waals surface area contributed by atoms with Crippen LogP contribution >= 0.6 is 0 Å². The molecule has 0 amide bonds. The third-order valence-corrected chi connectivity index (χ3v) is 4.68. The Morgan fingerprint density at radius 2 is 2.04 bits per heavy atom. The summed E-state index contributed by atoms with van der Waals surface area (Å²) in [5, 5.41) is 0. The van der Waals surface area contributed by atoms with Gasteiger partial charge in [-0.2, -0.15) is 8.42 Å². The average molecular weight is 332 g/mol. The minimum atomic E-state index is -3.74. The van der Waals surface area contributed by atoms with E-state index in [0.717, 1.165) is 9.87 Å². The van der Waals surface area contributed by atoms with E-state index in [-0.39, 0.29) is 11.7 Å². The zero-order valence-electron chi connectivity index (χ0n) is 12.5. The third-order valence-electron chi connectivity index (χ3n) is 3.33. The van der Waals surface area contributed by atoms with E-state index >= 15 is 0 Å². The van der Waals surface area contributed by atoms with Crippen molar-refractivity contribution in [2.24, 2.45) is 10.7 Å². The molecule has 0 spiro atoms. The summed E-state index contributed by atoms with van der Waals surface area (Å²) in [6.45, 7) is 0.606. The van der Waals surface area contributed by atoms with Gasteiger partial charge in [-0.1, -0.05) is 30.3 Å². The summed E-state index contributed by atoms with van der Waals surface area (Å²) in [7, 11) is -2.32. The van der Waals surface area contributed by atoms with Gasteiger partial charge in [-0.3, -0.25) is 4.99 Å². The molecule has 0 fully saturated rings. The Hall–Kier alpha value is -2.52. The summed E-state index contributed by atoms with van der Waals surface area (Å²) >= 11 is 0. The second-order valence-corrected chi connectivity index (χ2v) is 6.59. The zero-order chi connectivity index (χ0) is 16.4. The number of nitrogens with two attached hydrogens (primary N) is 1. The van der Waals surface area contributed by atoms with Gasteiger partial charge in [-0.25, -0.2) is 19.0 Å². The topological polar surface area (TPSA) is 114 Å². The molecule has 3 N–H and O–H groups in total. The molecule has 1 aliphatic rings. The number of aromatic nitrogens is 2. The van der Waals surface area contributed by atoms with E-state index in [1.165, 1.54) is 7.05 Å². The van der Waals surface area contributed by atoms with Crippen LogP contribution in [0.15, 0.2) is 41.5 Å². The van der Waals surface area contributed by atoms with E-state index in [2.05, 4.69) is 19.7 Å². The number of nitrogens with one attached hydrogen (secondary N) is 1. The lowest BCUT2D eigenvalue weighted by atomic mass is 10.1. The van der Waals surface area contributed by atoms with Crippen LogP contribution in [0.1, 0.15) is 5.69 Å². The molecule has 120 valence electrons. The van der Waals surface area contributed by atoms with Crippen molar-refractivity contribution in [3.8, 4) is 11.3 Å². The highest BCUT2D eigenvalue weighted by atomic mass is 32.2. The van der Waals surface area contributed by atoms with Crippen LogP contribution in [-0.2, 0) is 10.2 Å². The average Bonchev–Trinajstić information content (AvgIpc) is 2.57. The van der Waals surface area contributed by atoms with Gasteiger partial charge in [0.25, 0.3) is 0 Å². The second kappa shape index (κ2) is 5.94. The molecule has 3 rings (SSSR count). The van der Waals surface area contributed by atoms with Crippen molar-refractivity contribution in [2.45, 2.75) is 0 Å². The van der Waals surface area contributed by atoms with E-state index in [4.69, 9.17) is 5.73 Å². The lowest BCUT2D eigenvalue weighted by Gasteiger charge is -2.27. The number of aliphatic imine (C=N–C) groups is 1. The van der Waals surface area contributed by atoms with E-state index in [1.54, 1.807) is 6.20 Å². The Balaban J connectivity index is 2.14. The molecule has 0 aliphatic carbocycles. The van der Waals surface area contributed by atoms with Crippen LogP contribution in [0.4, 0.5) is 5.82 Å². The number of hydrogen-bond acceptors (Lipinski definition) is 6. The maximum Gasteiger partial charge on any atom is 0.326 e. The molecule has 1 aliphatic heterocycles. The van der Waals surface area contributed by atoms with Crippen molar-refractivity contribution in [1.82, 2.24) is 14.7 Å². The maximum absolute atomic E-state index is 12.2. The van der Waals surface area contributed by atoms with Crippen molar-refractivity contribution in [2.75, 3.05) is 24.4 Å². The molecule has 0 bridgehead atoms. The molecule has 0 saturated heterocycles. The van der Waals surface area contributed by atoms with Crippen molar-refractivity contribution >= 4 is 21.9 Å². The predicted molar refractivity (Wildman–Crippen MR) is 88.4 cm³/mol. The van der Waals surface area contributed by atoms with Gasteiger partial charge in [-0.05, 0) is 0 Å². The van der Waals surface area contributed by atoms with Gasteiger partial charge in [-0.15, -0.1) is 0 Å². The fraction of sp³-hybridized carbons (Fsp3) is 0.214. The minimum Gasteiger partial charge on any atom is -0.329 e. The summed E-state index contributed by atoms with van der Waals surface area (Å²) in [6, 6.07) is 9.43. The SMILES string of the molecule is CN1c2nc(-c3ccccc3)cnc2C(=NCCN)NS1(=O)=O.